The van der Waals surface area contributed by atoms with Crippen LogP contribution in [-0.2, 0) is 9.59 Å². The molecule has 2 amide bonds. The van der Waals surface area contributed by atoms with Crippen LogP contribution >= 0.6 is 0 Å². The van der Waals surface area contributed by atoms with Crippen LogP contribution in [-0.4, -0.2) is 43.5 Å². The molecular weight excluding hydrogens is 284 g/mol. The SMILES string of the molecule is COc1ccc(NC(=O)CCN(C(C)=O)C2CC2)c(OC)c1. The molecule has 0 aliphatic heterocycles. The molecule has 0 saturated heterocycles. The monoisotopic (exact) mass is 306 g/mol. The summed E-state index contributed by atoms with van der Waals surface area (Å²) in [6.45, 7) is 1.99. The zero-order valence-electron chi connectivity index (χ0n) is 13.2. The van der Waals surface area contributed by atoms with Crippen molar-refractivity contribution in [2.75, 3.05) is 26.1 Å². The molecule has 0 heterocycles. The van der Waals surface area contributed by atoms with Gasteiger partial charge in [-0.3, -0.25) is 9.59 Å². The number of amides is 2. The molecule has 1 saturated carbocycles. The highest BCUT2D eigenvalue weighted by Gasteiger charge is 2.30. The number of nitrogens with zero attached hydrogens (tertiary/aromatic N) is 1. The van der Waals surface area contributed by atoms with E-state index in [0.717, 1.165) is 12.8 Å². The van der Waals surface area contributed by atoms with Gasteiger partial charge in [0.05, 0.1) is 19.9 Å². The van der Waals surface area contributed by atoms with E-state index in [1.807, 2.05) is 0 Å². The molecule has 0 aromatic heterocycles. The molecule has 120 valence electrons. The summed E-state index contributed by atoms with van der Waals surface area (Å²) in [5.41, 5.74) is 0.592. The number of rotatable bonds is 7. The lowest BCUT2D eigenvalue weighted by Crippen LogP contribution is -2.33. The number of benzene rings is 1. The van der Waals surface area contributed by atoms with Gasteiger partial charge in [-0.25, -0.2) is 0 Å². The molecular formula is C16H22N2O4. The number of methoxy groups -OCH3 is 2. The van der Waals surface area contributed by atoms with E-state index in [1.165, 1.54) is 7.11 Å². The molecule has 1 fully saturated rings. The van der Waals surface area contributed by atoms with Gasteiger partial charge in [-0.2, -0.15) is 0 Å². The third-order valence-corrected chi connectivity index (χ3v) is 3.65. The topological polar surface area (TPSA) is 67.9 Å². The first-order valence-electron chi connectivity index (χ1n) is 7.34. The van der Waals surface area contributed by atoms with Gasteiger partial charge in [-0.15, -0.1) is 0 Å². The highest BCUT2D eigenvalue weighted by molar-refractivity contribution is 5.92. The van der Waals surface area contributed by atoms with E-state index in [9.17, 15) is 9.59 Å². The van der Waals surface area contributed by atoms with Gasteiger partial charge in [0.2, 0.25) is 11.8 Å². The number of hydrogen-bond acceptors (Lipinski definition) is 4. The maximum Gasteiger partial charge on any atom is 0.226 e. The van der Waals surface area contributed by atoms with Crippen LogP contribution in [0.15, 0.2) is 18.2 Å². The van der Waals surface area contributed by atoms with Gasteiger partial charge in [0.15, 0.2) is 0 Å². The largest absolute Gasteiger partial charge is 0.497 e. The summed E-state index contributed by atoms with van der Waals surface area (Å²) < 4.78 is 10.4. The highest BCUT2D eigenvalue weighted by Crippen LogP contribution is 2.29. The maximum atomic E-state index is 12.1. The summed E-state index contributed by atoms with van der Waals surface area (Å²) in [6.07, 6.45) is 2.34. The third kappa shape index (κ3) is 4.13. The second-order valence-corrected chi connectivity index (χ2v) is 5.31. The first-order chi connectivity index (χ1) is 10.5. The predicted octanol–water partition coefficient (Wildman–Crippen LogP) is 2.04. The zero-order chi connectivity index (χ0) is 16.1. The molecule has 0 unspecified atom stereocenters. The van der Waals surface area contributed by atoms with E-state index in [1.54, 1.807) is 37.1 Å². The van der Waals surface area contributed by atoms with Gasteiger partial charge < -0.3 is 19.7 Å². The van der Waals surface area contributed by atoms with E-state index in [0.29, 0.717) is 29.8 Å². The van der Waals surface area contributed by atoms with Crippen molar-refractivity contribution in [3.63, 3.8) is 0 Å². The molecule has 1 aliphatic rings. The van der Waals surface area contributed by atoms with Crippen molar-refractivity contribution in [3.8, 4) is 11.5 Å². The minimum Gasteiger partial charge on any atom is -0.497 e. The molecule has 0 spiro atoms. The molecule has 2 rings (SSSR count). The summed E-state index contributed by atoms with van der Waals surface area (Å²) in [6, 6.07) is 5.52. The highest BCUT2D eigenvalue weighted by atomic mass is 16.5. The van der Waals surface area contributed by atoms with Crippen molar-refractivity contribution in [1.29, 1.82) is 0 Å². The van der Waals surface area contributed by atoms with Crippen LogP contribution in [0.1, 0.15) is 26.2 Å². The van der Waals surface area contributed by atoms with Crippen LogP contribution in [0.25, 0.3) is 0 Å². The Morgan fingerprint density at radius 3 is 2.55 bits per heavy atom. The lowest BCUT2D eigenvalue weighted by atomic mass is 10.2. The summed E-state index contributed by atoms with van der Waals surface area (Å²) >= 11 is 0. The van der Waals surface area contributed by atoms with Gasteiger partial charge in [0.25, 0.3) is 0 Å². The molecule has 22 heavy (non-hydrogen) atoms. The van der Waals surface area contributed by atoms with Gasteiger partial charge >= 0.3 is 0 Å². The Labute approximate surface area is 130 Å². The average Bonchev–Trinajstić information content (AvgIpc) is 3.32. The van der Waals surface area contributed by atoms with Crippen molar-refractivity contribution >= 4 is 17.5 Å². The molecule has 6 heteroatoms. The minimum absolute atomic E-state index is 0.0253. The summed E-state index contributed by atoms with van der Waals surface area (Å²) in [4.78, 5) is 25.4. The zero-order valence-corrected chi connectivity index (χ0v) is 13.2. The molecule has 1 N–H and O–H groups in total. The number of carbonyl (C=O) groups is 2. The average molecular weight is 306 g/mol. The van der Waals surface area contributed by atoms with E-state index in [4.69, 9.17) is 9.47 Å². The lowest BCUT2D eigenvalue weighted by molar-refractivity contribution is -0.129. The smallest absolute Gasteiger partial charge is 0.226 e. The van der Waals surface area contributed by atoms with Gasteiger partial charge in [0.1, 0.15) is 11.5 Å². The molecule has 6 nitrogen and oxygen atoms in total. The molecule has 0 radical (unpaired) electrons. The van der Waals surface area contributed by atoms with Crippen LogP contribution < -0.4 is 14.8 Å². The van der Waals surface area contributed by atoms with Crippen molar-refractivity contribution in [3.05, 3.63) is 18.2 Å². The molecule has 0 bridgehead atoms. The van der Waals surface area contributed by atoms with Crippen LogP contribution in [0, 0.1) is 0 Å². The Morgan fingerprint density at radius 2 is 2.00 bits per heavy atom. The first kappa shape index (κ1) is 16.1. The van der Waals surface area contributed by atoms with Crippen LogP contribution in [0.2, 0.25) is 0 Å². The third-order valence-electron chi connectivity index (χ3n) is 3.65. The second kappa shape index (κ2) is 7.15. The molecule has 1 aromatic rings. The second-order valence-electron chi connectivity index (χ2n) is 5.31. The Morgan fingerprint density at radius 1 is 1.27 bits per heavy atom. The van der Waals surface area contributed by atoms with Crippen LogP contribution in [0.5, 0.6) is 11.5 Å². The Hall–Kier alpha value is -2.24. The molecule has 1 aliphatic carbocycles. The van der Waals surface area contributed by atoms with Crippen molar-refractivity contribution in [2.24, 2.45) is 0 Å². The summed E-state index contributed by atoms with van der Waals surface area (Å²) in [5, 5.41) is 2.81. The van der Waals surface area contributed by atoms with E-state index < -0.39 is 0 Å². The maximum absolute atomic E-state index is 12.1. The minimum atomic E-state index is -0.143. The number of anilines is 1. The summed E-state index contributed by atoms with van der Waals surface area (Å²) in [5.74, 6) is 1.08. The first-order valence-corrected chi connectivity index (χ1v) is 7.34. The predicted molar refractivity (Wildman–Crippen MR) is 83.2 cm³/mol. The fourth-order valence-corrected chi connectivity index (χ4v) is 2.32. The number of hydrogen-bond donors (Lipinski definition) is 1. The van der Waals surface area contributed by atoms with Crippen molar-refractivity contribution in [2.45, 2.75) is 32.2 Å². The Bertz CT molecular complexity index is 555. The van der Waals surface area contributed by atoms with Crippen LogP contribution in [0.4, 0.5) is 5.69 Å². The summed E-state index contributed by atoms with van der Waals surface area (Å²) in [7, 11) is 3.11. The fraction of sp³-hybridized carbons (Fsp3) is 0.500. The quantitative estimate of drug-likeness (QED) is 0.837. The number of carbonyl (C=O) groups excluding carboxylic acids is 2. The molecule has 1 aromatic carbocycles. The van der Waals surface area contributed by atoms with E-state index >= 15 is 0 Å². The molecule has 0 atom stereocenters. The van der Waals surface area contributed by atoms with E-state index in [-0.39, 0.29) is 18.2 Å². The fourth-order valence-electron chi connectivity index (χ4n) is 2.32. The standard InChI is InChI=1S/C16H22N2O4/c1-11(19)18(12-4-5-12)9-8-16(20)17-14-7-6-13(21-2)10-15(14)22-3/h6-7,10,12H,4-5,8-9H2,1-3H3,(H,17,20). The Balaban J connectivity index is 1.92. The van der Waals surface area contributed by atoms with Crippen molar-refractivity contribution < 1.29 is 19.1 Å². The van der Waals surface area contributed by atoms with Gasteiger partial charge in [-0.1, -0.05) is 0 Å². The number of nitrogens with one attached hydrogen (secondary N) is 1. The normalized spacial score (nSPS) is 13.4. The van der Waals surface area contributed by atoms with Crippen molar-refractivity contribution in [1.82, 2.24) is 4.90 Å². The van der Waals surface area contributed by atoms with Crippen LogP contribution in [0.3, 0.4) is 0 Å². The lowest BCUT2D eigenvalue weighted by Gasteiger charge is -2.20. The van der Waals surface area contributed by atoms with E-state index in [2.05, 4.69) is 5.32 Å². The van der Waals surface area contributed by atoms with Gasteiger partial charge in [0, 0.05) is 32.0 Å². The Kier molecular flexibility index (Phi) is 5.25. The number of ether oxygens (including phenoxy) is 2. The van der Waals surface area contributed by atoms with Gasteiger partial charge in [-0.05, 0) is 25.0 Å².